The van der Waals surface area contributed by atoms with E-state index >= 15 is 0 Å². The number of carbonyl (C=O) groups excluding carboxylic acids is 1. The quantitative estimate of drug-likeness (QED) is 0.903. The van der Waals surface area contributed by atoms with E-state index in [1.165, 1.54) is 6.20 Å². The molecule has 1 aromatic heterocycles. The summed E-state index contributed by atoms with van der Waals surface area (Å²) in [5, 5.41) is 6.22. The summed E-state index contributed by atoms with van der Waals surface area (Å²) in [6.07, 6.45) is 1.52. The van der Waals surface area contributed by atoms with E-state index < -0.39 is 0 Å². The molecule has 2 rings (SSSR count). The van der Waals surface area contributed by atoms with Gasteiger partial charge in [-0.3, -0.25) is 4.79 Å². The average molecular weight is 276 g/mol. The molecule has 1 aromatic carbocycles. The van der Waals surface area contributed by atoms with Crippen molar-refractivity contribution < 1.29 is 4.79 Å². The number of hydrogen-bond acceptors (Lipinski definition) is 3. The summed E-state index contributed by atoms with van der Waals surface area (Å²) < 4.78 is 0. The second-order valence-electron chi connectivity index (χ2n) is 4.07. The van der Waals surface area contributed by atoms with Gasteiger partial charge in [0.15, 0.2) is 0 Å². The number of anilines is 2. The van der Waals surface area contributed by atoms with Gasteiger partial charge in [0.25, 0.3) is 5.91 Å². The molecule has 0 aliphatic carbocycles. The summed E-state index contributed by atoms with van der Waals surface area (Å²) in [5.74, 6) is 0.483. The highest BCUT2D eigenvalue weighted by Gasteiger charge is 2.10. The highest BCUT2D eigenvalue weighted by atomic mass is 35.5. The average Bonchev–Trinajstić information content (AvgIpc) is 2.43. The van der Waals surface area contributed by atoms with Gasteiger partial charge in [0.2, 0.25) is 0 Å². The zero-order valence-electron chi connectivity index (χ0n) is 10.7. The monoisotopic (exact) mass is 275 g/mol. The maximum Gasteiger partial charge on any atom is 0.257 e. The van der Waals surface area contributed by atoms with Crippen molar-refractivity contribution in [2.24, 2.45) is 0 Å². The fraction of sp³-hybridized carbons (Fsp3) is 0.143. The summed E-state index contributed by atoms with van der Waals surface area (Å²) in [5.41, 5.74) is 2.03. The van der Waals surface area contributed by atoms with Crippen LogP contribution in [0.4, 0.5) is 11.5 Å². The molecule has 0 fully saturated rings. The van der Waals surface area contributed by atoms with Crippen molar-refractivity contribution in [3.05, 3.63) is 52.7 Å². The number of aromatic nitrogens is 1. The Kier molecular flexibility index (Phi) is 4.02. The lowest BCUT2D eigenvalue weighted by Crippen LogP contribution is -2.13. The Morgan fingerprint density at radius 3 is 2.63 bits per heavy atom. The molecule has 1 heterocycles. The van der Waals surface area contributed by atoms with E-state index in [4.69, 9.17) is 11.6 Å². The lowest BCUT2D eigenvalue weighted by atomic mass is 10.2. The third-order valence-electron chi connectivity index (χ3n) is 2.74. The lowest BCUT2D eigenvalue weighted by molar-refractivity contribution is 0.102. The number of para-hydroxylation sites is 1. The third kappa shape index (κ3) is 3.03. The van der Waals surface area contributed by atoms with Crippen LogP contribution in [0.15, 0.2) is 36.5 Å². The summed E-state index contributed by atoms with van der Waals surface area (Å²) in [4.78, 5) is 16.2. The van der Waals surface area contributed by atoms with Gasteiger partial charge in [-0.2, -0.15) is 0 Å². The number of pyridine rings is 1. The number of amides is 1. The van der Waals surface area contributed by atoms with E-state index in [0.29, 0.717) is 22.1 Å². The summed E-state index contributed by atoms with van der Waals surface area (Å²) >= 11 is 6.07. The minimum Gasteiger partial charge on any atom is -0.373 e. The zero-order chi connectivity index (χ0) is 13.8. The van der Waals surface area contributed by atoms with Crippen LogP contribution in [-0.2, 0) is 0 Å². The Morgan fingerprint density at radius 2 is 2.05 bits per heavy atom. The zero-order valence-corrected chi connectivity index (χ0v) is 11.5. The van der Waals surface area contributed by atoms with Crippen LogP contribution in [0.5, 0.6) is 0 Å². The molecule has 0 unspecified atom stereocenters. The summed E-state index contributed by atoms with van der Waals surface area (Å²) in [6.45, 7) is 1.89. The number of hydrogen-bond donors (Lipinski definition) is 2. The molecule has 0 saturated heterocycles. The van der Waals surface area contributed by atoms with Crippen molar-refractivity contribution in [3.63, 3.8) is 0 Å². The Bertz CT molecular complexity index is 576. The molecule has 2 N–H and O–H groups in total. The van der Waals surface area contributed by atoms with E-state index in [0.717, 1.165) is 5.56 Å². The predicted molar refractivity (Wildman–Crippen MR) is 77.9 cm³/mol. The maximum atomic E-state index is 12.1. The van der Waals surface area contributed by atoms with Gasteiger partial charge in [-0.15, -0.1) is 0 Å². The largest absolute Gasteiger partial charge is 0.373 e. The van der Waals surface area contributed by atoms with Crippen molar-refractivity contribution in [2.45, 2.75) is 6.92 Å². The van der Waals surface area contributed by atoms with Crippen molar-refractivity contribution in [3.8, 4) is 0 Å². The van der Waals surface area contributed by atoms with Crippen molar-refractivity contribution in [2.75, 3.05) is 17.7 Å². The van der Waals surface area contributed by atoms with Gasteiger partial charge in [-0.1, -0.05) is 23.7 Å². The second kappa shape index (κ2) is 5.71. The highest BCUT2D eigenvalue weighted by molar-refractivity contribution is 6.34. The molecule has 0 aliphatic rings. The summed E-state index contributed by atoms with van der Waals surface area (Å²) in [7, 11) is 1.77. The van der Waals surface area contributed by atoms with E-state index in [1.807, 2.05) is 19.1 Å². The van der Waals surface area contributed by atoms with Gasteiger partial charge in [-0.05, 0) is 30.7 Å². The highest BCUT2D eigenvalue weighted by Crippen LogP contribution is 2.25. The standard InChI is InChI=1S/C14H14ClN3O/c1-9-4-3-5-11(15)13(9)18-14(19)10-6-7-12(16-2)17-8-10/h3-8H,1-2H3,(H,16,17)(H,18,19). The van der Waals surface area contributed by atoms with Crippen LogP contribution < -0.4 is 10.6 Å². The first-order valence-electron chi connectivity index (χ1n) is 5.82. The maximum absolute atomic E-state index is 12.1. The second-order valence-corrected chi connectivity index (χ2v) is 4.48. The van der Waals surface area contributed by atoms with E-state index in [-0.39, 0.29) is 5.91 Å². The van der Waals surface area contributed by atoms with Gasteiger partial charge in [0, 0.05) is 13.2 Å². The predicted octanol–water partition coefficient (Wildman–Crippen LogP) is 3.34. The molecule has 0 spiro atoms. The topological polar surface area (TPSA) is 54.0 Å². The normalized spacial score (nSPS) is 10.1. The molecule has 4 nitrogen and oxygen atoms in total. The number of benzene rings is 1. The van der Waals surface area contributed by atoms with Crippen LogP contribution in [-0.4, -0.2) is 17.9 Å². The van der Waals surface area contributed by atoms with Crippen molar-refractivity contribution >= 4 is 29.0 Å². The van der Waals surface area contributed by atoms with E-state index in [2.05, 4.69) is 15.6 Å². The number of aryl methyl sites for hydroxylation is 1. The summed E-state index contributed by atoms with van der Waals surface area (Å²) in [6, 6.07) is 8.93. The van der Waals surface area contributed by atoms with E-state index in [9.17, 15) is 4.79 Å². The fourth-order valence-electron chi connectivity index (χ4n) is 1.65. The molecular formula is C14H14ClN3O. The van der Waals surface area contributed by atoms with Crippen LogP contribution in [0, 0.1) is 6.92 Å². The first kappa shape index (κ1) is 13.4. The van der Waals surface area contributed by atoms with Crippen LogP contribution in [0.1, 0.15) is 15.9 Å². The van der Waals surface area contributed by atoms with Crippen LogP contribution in [0.2, 0.25) is 5.02 Å². The fourth-order valence-corrected chi connectivity index (χ4v) is 1.92. The van der Waals surface area contributed by atoms with Gasteiger partial charge in [0.1, 0.15) is 5.82 Å². The Morgan fingerprint density at radius 1 is 1.26 bits per heavy atom. The van der Waals surface area contributed by atoms with Crippen LogP contribution >= 0.6 is 11.6 Å². The molecule has 0 atom stereocenters. The Labute approximate surface area is 116 Å². The molecule has 5 heteroatoms. The molecule has 0 aliphatic heterocycles. The van der Waals surface area contributed by atoms with Crippen LogP contribution in [0.3, 0.4) is 0 Å². The SMILES string of the molecule is CNc1ccc(C(=O)Nc2c(C)cccc2Cl)cn1. The van der Waals surface area contributed by atoms with Crippen LogP contribution in [0.25, 0.3) is 0 Å². The van der Waals surface area contributed by atoms with Crippen molar-refractivity contribution in [1.82, 2.24) is 4.98 Å². The smallest absolute Gasteiger partial charge is 0.257 e. The first-order chi connectivity index (χ1) is 9.11. The Hall–Kier alpha value is -2.07. The molecule has 19 heavy (non-hydrogen) atoms. The molecule has 2 aromatic rings. The molecular weight excluding hydrogens is 262 g/mol. The van der Waals surface area contributed by atoms with Gasteiger partial charge >= 0.3 is 0 Å². The third-order valence-corrected chi connectivity index (χ3v) is 3.06. The number of carbonyl (C=O) groups is 1. The molecule has 0 bridgehead atoms. The minimum atomic E-state index is -0.230. The van der Waals surface area contributed by atoms with E-state index in [1.54, 1.807) is 25.2 Å². The lowest BCUT2D eigenvalue weighted by Gasteiger charge is -2.10. The number of halogens is 1. The molecule has 1 amide bonds. The Balaban J connectivity index is 2.20. The molecule has 0 radical (unpaired) electrons. The van der Waals surface area contributed by atoms with Gasteiger partial charge in [-0.25, -0.2) is 4.98 Å². The molecule has 0 saturated carbocycles. The van der Waals surface area contributed by atoms with Gasteiger partial charge in [0.05, 0.1) is 16.3 Å². The minimum absolute atomic E-state index is 0.230. The molecule has 98 valence electrons. The number of rotatable bonds is 3. The van der Waals surface area contributed by atoms with Gasteiger partial charge < -0.3 is 10.6 Å². The number of nitrogens with zero attached hydrogens (tertiary/aromatic N) is 1. The first-order valence-corrected chi connectivity index (χ1v) is 6.20. The van der Waals surface area contributed by atoms with Crippen molar-refractivity contribution in [1.29, 1.82) is 0 Å². The number of nitrogens with one attached hydrogen (secondary N) is 2.